The van der Waals surface area contributed by atoms with E-state index in [9.17, 15) is 13.2 Å². The lowest BCUT2D eigenvalue weighted by atomic mass is 10.2. The van der Waals surface area contributed by atoms with Crippen molar-refractivity contribution in [3.8, 4) is 0 Å². The number of thiocarbonyl (C=S) groups is 1. The minimum Gasteiger partial charge on any atom is -0.479 e. The number of ether oxygens (including phenoxy) is 3. The minimum atomic E-state index is -4.49. The predicted octanol–water partition coefficient (Wildman–Crippen LogP) is 4.37. The van der Waals surface area contributed by atoms with Gasteiger partial charge < -0.3 is 14.2 Å². The normalized spacial score (nSPS) is 15.0. The van der Waals surface area contributed by atoms with Gasteiger partial charge in [0.05, 0.1) is 11.9 Å². The maximum atomic E-state index is 12.6. The molecule has 0 aliphatic heterocycles. The highest BCUT2D eigenvalue weighted by atomic mass is 35.5. The quantitative estimate of drug-likeness (QED) is 0.342. The van der Waals surface area contributed by atoms with E-state index in [1.165, 1.54) is 0 Å². The van der Waals surface area contributed by atoms with Crippen molar-refractivity contribution in [2.45, 2.75) is 50.3 Å². The first-order valence-electron chi connectivity index (χ1n) is 6.53. The van der Waals surface area contributed by atoms with Gasteiger partial charge in [-0.15, -0.1) is 11.6 Å². The topological polar surface area (TPSA) is 27.7 Å². The number of alkyl halides is 4. The summed E-state index contributed by atoms with van der Waals surface area (Å²) in [4.78, 5) is 0. The highest BCUT2D eigenvalue weighted by Gasteiger charge is 2.41. The Morgan fingerprint density at radius 3 is 2.05 bits per heavy atom. The summed E-state index contributed by atoms with van der Waals surface area (Å²) in [6.45, 7) is 6.16. The van der Waals surface area contributed by atoms with Gasteiger partial charge in [-0.3, -0.25) is 0 Å². The van der Waals surface area contributed by atoms with Gasteiger partial charge in [-0.1, -0.05) is 11.8 Å². The summed E-state index contributed by atoms with van der Waals surface area (Å²) in [6, 6.07) is 0. The summed E-state index contributed by atoms with van der Waals surface area (Å²) in [6.07, 6.45) is -5.70. The van der Waals surface area contributed by atoms with Crippen molar-refractivity contribution in [3.63, 3.8) is 0 Å². The SMILES string of the molecule is CCOC(=S)SC(CC(Cl)C(F)(F)F)C(OCC)OCC. The Labute approximate surface area is 137 Å². The zero-order valence-corrected chi connectivity index (χ0v) is 14.5. The van der Waals surface area contributed by atoms with Crippen LogP contribution in [0.15, 0.2) is 0 Å². The first-order chi connectivity index (χ1) is 9.76. The largest absolute Gasteiger partial charge is 0.479 e. The van der Waals surface area contributed by atoms with E-state index in [4.69, 9.17) is 38.0 Å². The Kier molecular flexibility index (Phi) is 11.0. The van der Waals surface area contributed by atoms with Gasteiger partial charge in [-0.05, 0) is 39.4 Å². The molecule has 0 aromatic carbocycles. The van der Waals surface area contributed by atoms with E-state index in [1.54, 1.807) is 20.8 Å². The Balaban J connectivity index is 4.91. The zero-order valence-electron chi connectivity index (χ0n) is 12.1. The first kappa shape index (κ1) is 21.2. The minimum absolute atomic E-state index is 0.151. The fourth-order valence-electron chi connectivity index (χ4n) is 1.42. The number of hydrogen-bond acceptors (Lipinski definition) is 5. The smallest absolute Gasteiger partial charge is 0.404 e. The summed E-state index contributed by atoms with van der Waals surface area (Å²) >= 11 is 11.4. The molecule has 0 rings (SSSR count). The fourth-order valence-corrected chi connectivity index (χ4v) is 3.20. The molecule has 126 valence electrons. The van der Waals surface area contributed by atoms with Crippen LogP contribution in [0.25, 0.3) is 0 Å². The van der Waals surface area contributed by atoms with Crippen molar-refractivity contribution >= 4 is 40.0 Å². The third-order valence-electron chi connectivity index (χ3n) is 2.27. The zero-order chi connectivity index (χ0) is 16.5. The highest BCUT2D eigenvalue weighted by Crippen LogP contribution is 2.34. The molecule has 2 unspecified atom stereocenters. The van der Waals surface area contributed by atoms with Gasteiger partial charge in [0, 0.05) is 13.2 Å². The van der Waals surface area contributed by atoms with Crippen LogP contribution in [0.3, 0.4) is 0 Å². The Morgan fingerprint density at radius 1 is 1.14 bits per heavy atom. The lowest BCUT2D eigenvalue weighted by Gasteiger charge is -2.28. The van der Waals surface area contributed by atoms with Crippen LogP contribution in [0.1, 0.15) is 27.2 Å². The lowest BCUT2D eigenvalue weighted by Crippen LogP contribution is -2.36. The Morgan fingerprint density at radius 2 is 1.67 bits per heavy atom. The summed E-state index contributed by atoms with van der Waals surface area (Å²) in [5.41, 5.74) is 0. The van der Waals surface area contributed by atoms with Crippen molar-refractivity contribution in [1.29, 1.82) is 0 Å². The second-order valence-electron chi connectivity index (χ2n) is 3.86. The first-order valence-corrected chi connectivity index (χ1v) is 8.25. The molecule has 0 N–H and O–H groups in total. The third-order valence-corrected chi connectivity index (χ3v) is 4.13. The molecule has 0 saturated carbocycles. The van der Waals surface area contributed by atoms with Crippen LogP contribution in [0.5, 0.6) is 0 Å². The molecule has 2 atom stereocenters. The van der Waals surface area contributed by atoms with Crippen molar-refractivity contribution in [2.24, 2.45) is 0 Å². The third kappa shape index (κ3) is 9.07. The molecular weight excluding hydrogens is 349 g/mol. The summed E-state index contributed by atoms with van der Waals surface area (Å²) in [5.74, 6) is 0. The molecule has 0 aliphatic rings. The number of thioether (sulfide) groups is 1. The molecule has 0 aromatic heterocycles. The van der Waals surface area contributed by atoms with E-state index in [0.717, 1.165) is 11.8 Å². The molecule has 9 heteroatoms. The van der Waals surface area contributed by atoms with Crippen molar-refractivity contribution in [3.05, 3.63) is 0 Å². The van der Waals surface area contributed by atoms with Gasteiger partial charge in [0.15, 0.2) is 6.29 Å². The molecule has 0 saturated heterocycles. The van der Waals surface area contributed by atoms with Crippen LogP contribution in [-0.4, -0.2) is 47.3 Å². The van der Waals surface area contributed by atoms with Gasteiger partial charge in [0.1, 0.15) is 5.38 Å². The summed E-state index contributed by atoms with van der Waals surface area (Å²) < 4.78 is 53.9. The monoisotopic (exact) mass is 368 g/mol. The molecule has 0 fully saturated rings. The van der Waals surface area contributed by atoms with Crippen LogP contribution >= 0.6 is 35.6 Å². The van der Waals surface area contributed by atoms with Crippen molar-refractivity contribution < 1.29 is 27.4 Å². The van der Waals surface area contributed by atoms with Gasteiger partial charge in [-0.2, -0.15) is 13.2 Å². The molecule has 0 aromatic rings. The average Bonchev–Trinajstić information content (AvgIpc) is 2.36. The van der Waals surface area contributed by atoms with Gasteiger partial charge >= 0.3 is 6.18 Å². The van der Waals surface area contributed by atoms with Gasteiger partial charge in [0.25, 0.3) is 0 Å². The fraction of sp³-hybridized carbons (Fsp3) is 0.917. The van der Waals surface area contributed by atoms with Crippen molar-refractivity contribution in [2.75, 3.05) is 19.8 Å². The van der Waals surface area contributed by atoms with Crippen LogP contribution < -0.4 is 0 Å². The summed E-state index contributed by atoms with van der Waals surface area (Å²) in [5, 5.41) is -2.70. The maximum absolute atomic E-state index is 12.6. The molecule has 0 bridgehead atoms. The van der Waals surface area contributed by atoms with E-state index in [-0.39, 0.29) is 10.8 Å². The van der Waals surface area contributed by atoms with E-state index in [0.29, 0.717) is 19.8 Å². The van der Waals surface area contributed by atoms with Crippen LogP contribution in [0, 0.1) is 0 Å². The Bertz CT molecular complexity index is 300. The van der Waals surface area contributed by atoms with Crippen LogP contribution in [0.4, 0.5) is 13.2 Å². The van der Waals surface area contributed by atoms with E-state index in [1.807, 2.05) is 0 Å². The second-order valence-corrected chi connectivity index (χ2v) is 6.23. The van der Waals surface area contributed by atoms with E-state index < -0.39 is 23.1 Å². The molecule has 0 heterocycles. The average molecular weight is 369 g/mol. The van der Waals surface area contributed by atoms with Gasteiger partial charge in [0.2, 0.25) is 4.38 Å². The standard InChI is InChI=1S/C12H20ClF3O3S2/c1-4-17-10(18-5-2)8(21-11(20)19-6-3)7-9(13)12(14,15)16/h8-10H,4-7H2,1-3H3. The van der Waals surface area contributed by atoms with Crippen LogP contribution in [0.2, 0.25) is 0 Å². The molecular formula is C12H20ClF3O3S2. The molecule has 0 radical (unpaired) electrons. The highest BCUT2D eigenvalue weighted by molar-refractivity contribution is 8.23. The maximum Gasteiger partial charge on any atom is 0.404 e. The van der Waals surface area contributed by atoms with E-state index in [2.05, 4.69) is 0 Å². The van der Waals surface area contributed by atoms with Gasteiger partial charge in [-0.25, -0.2) is 0 Å². The molecule has 0 amide bonds. The number of halogens is 4. The molecule has 21 heavy (non-hydrogen) atoms. The predicted molar refractivity (Wildman–Crippen MR) is 83.0 cm³/mol. The molecule has 0 spiro atoms. The Hall–Kier alpha value is 0.240. The molecule has 0 aliphatic carbocycles. The second kappa shape index (κ2) is 10.9. The van der Waals surface area contributed by atoms with Crippen molar-refractivity contribution in [1.82, 2.24) is 0 Å². The van der Waals surface area contributed by atoms with Crippen LogP contribution in [-0.2, 0) is 14.2 Å². The molecule has 3 nitrogen and oxygen atoms in total. The summed E-state index contributed by atoms with van der Waals surface area (Å²) in [7, 11) is 0. The lowest BCUT2D eigenvalue weighted by molar-refractivity contribution is -0.150. The number of rotatable bonds is 9. The number of hydrogen-bond donors (Lipinski definition) is 0. The van der Waals surface area contributed by atoms with E-state index >= 15 is 0 Å².